The van der Waals surface area contributed by atoms with Crippen molar-refractivity contribution in [3.8, 4) is 0 Å². The number of nitrogens with one attached hydrogen (secondary N) is 1. The van der Waals surface area contributed by atoms with Gasteiger partial charge < -0.3 is 10.4 Å². The predicted molar refractivity (Wildman–Crippen MR) is 134 cm³/mol. The van der Waals surface area contributed by atoms with E-state index in [1.165, 1.54) is 16.4 Å². The van der Waals surface area contributed by atoms with Crippen LogP contribution in [0.15, 0.2) is 83.8 Å². The highest BCUT2D eigenvalue weighted by molar-refractivity contribution is 7.89. The Morgan fingerprint density at radius 3 is 2.24 bits per heavy atom. The third kappa shape index (κ3) is 7.14. The monoisotopic (exact) mass is 500 g/mol. The van der Waals surface area contributed by atoms with Gasteiger partial charge in [0.25, 0.3) is 5.91 Å². The number of carbonyl (C=O) groups excluding carboxylic acids is 1. The van der Waals surface area contributed by atoms with Gasteiger partial charge in [0.1, 0.15) is 0 Å². The van der Waals surface area contributed by atoms with Crippen molar-refractivity contribution in [1.29, 1.82) is 0 Å². The van der Waals surface area contributed by atoms with Crippen LogP contribution in [0.3, 0.4) is 0 Å². The lowest BCUT2D eigenvalue weighted by molar-refractivity contribution is 0.0922. The van der Waals surface area contributed by atoms with Gasteiger partial charge in [0, 0.05) is 29.7 Å². The highest BCUT2D eigenvalue weighted by Crippen LogP contribution is 2.21. The molecule has 0 aliphatic rings. The lowest BCUT2D eigenvalue weighted by atomic mass is 10.1. The van der Waals surface area contributed by atoms with Crippen LogP contribution in [-0.2, 0) is 23.0 Å². The van der Waals surface area contributed by atoms with Crippen LogP contribution in [0.5, 0.6) is 0 Å². The molecule has 0 radical (unpaired) electrons. The zero-order valence-corrected chi connectivity index (χ0v) is 20.6. The molecular weight excluding hydrogens is 472 g/mol. The number of aliphatic hydroxyl groups excluding tert-OH is 1. The zero-order chi connectivity index (χ0) is 24.6. The highest BCUT2D eigenvalue weighted by Gasteiger charge is 2.24. The summed E-state index contributed by atoms with van der Waals surface area (Å²) in [6.07, 6.45) is 1.42. The molecule has 0 saturated carbocycles. The minimum absolute atomic E-state index is 0.148. The van der Waals surface area contributed by atoms with E-state index in [0.717, 1.165) is 17.5 Å². The van der Waals surface area contributed by atoms with Gasteiger partial charge >= 0.3 is 0 Å². The Kier molecular flexibility index (Phi) is 9.24. The number of hydrogen-bond acceptors (Lipinski definition) is 4. The van der Waals surface area contributed by atoms with Crippen LogP contribution in [0.1, 0.15) is 34.8 Å². The second-order valence-corrected chi connectivity index (χ2v) is 10.5. The first-order chi connectivity index (χ1) is 16.3. The van der Waals surface area contributed by atoms with Crippen molar-refractivity contribution in [2.75, 3.05) is 13.2 Å². The SMILES string of the molecule is C[C@H](CO)NC(=O)c1ccc(CN(CCCc2ccccc2)S(=O)(=O)c2ccc(Cl)cc2)cc1. The van der Waals surface area contributed by atoms with E-state index < -0.39 is 10.0 Å². The number of amides is 1. The lowest BCUT2D eigenvalue weighted by Crippen LogP contribution is -2.35. The van der Waals surface area contributed by atoms with Gasteiger partial charge in [-0.3, -0.25) is 4.79 Å². The Balaban J connectivity index is 1.77. The summed E-state index contributed by atoms with van der Waals surface area (Å²) in [4.78, 5) is 12.4. The Hall–Kier alpha value is -2.71. The molecule has 34 heavy (non-hydrogen) atoms. The summed E-state index contributed by atoms with van der Waals surface area (Å²) in [6.45, 7) is 2.08. The molecule has 6 nitrogen and oxygen atoms in total. The fraction of sp³-hybridized carbons (Fsp3) is 0.269. The van der Waals surface area contributed by atoms with E-state index >= 15 is 0 Å². The summed E-state index contributed by atoms with van der Waals surface area (Å²) in [6, 6.07) is 22.6. The number of hydrogen-bond donors (Lipinski definition) is 2. The summed E-state index contributed by atoms with van der Waals surface area (Å²) in [7, 11) is -3.75. The number of carbonyl (C=O) groups is 1. The molecule has 0 saturated heterocycles. The first-order valence-electron chi connectivity index (χ1n) is 11.1. The maximum absolute atomic E-state index is 13.4. The summed E-state index contributed by atoms with van der Waals surface area (Å²) in [5, 5.41) is 12.3. The molecule has 0 aliphatic carbocycles. The topological polar surface area (TPSA) is 86.7 Å². The number of sulfonamides is 1. The smallest absolute Gasteiger partial charge is 0.251 e. The fourth-order valence-electron chi connectivity index (χ4n) is 3.46. The number of rotatable bonds is 11. The molecular formula is C26H29ClN2O4S. The second kappa shape index (κ2) is 12.1. The molecule has 180 valence electrons. The quantitative estimate of drug-likeness (QED) is 0.411. The van der Waals surface area contributed by atoms with E-state index in [1.807, 2.05) is 30.3 Å². The van der Waals surface area contributed by atoms with E-state index in [0.29, 0.717) is 23.6 Å². The molecule has 0 bridgehead atoms. The van der Waals surface area contributed by atoms with E-state index in [1.54, 1.807) is 43.3 Å². The number of benzene rings is 3. The minimum Gasteiger partial charge on any atom is -0.394 e. The van der Waals surface area contributed by atoms with Crippen LogP contribution >= 0.6 is 11.6 Å². The van der Waals surface area contributed by atoms with Gasteiger partial charge in [-0.15, -0.1) is 0 Å². The molecule has 0 fully saturated rings. The van der Waals surface area contributed by atoms with Crippen molar-refractivity contribution < 1.29 is 18.3 Å². The van der Waals surface area contributed by atoms with Crippen molar-refractivity contribution in [2.24, 2.45) is 0 Å². The Bertz CT molecular complexity index is 1170. The van der Waals surface area contributed by atoms with Gasteiger partial charge in [-0.25, -0.2) is 8.42 Å². The van der Waals surface area contributed by atoms with Crippen LogP contribution in [0.4, 0.5) is 0 Å². The molecule has 3 aromatic rings. The summed E-state index contributed by atoms with van der Waals surface area (Å²) in [5.74, 6) is -0.290. The Morgan fingerprint density at radius 1 is 0.971 bits per heavy atom. The second-order valence-electron chi connectivity index (χ2n) is 8.14. The number of aliphatic hydroxyl groups is 1. The first-order valence-corrected chi connectivity index (χ1v) is 12.9. The maximum Gasteiger partial charge on any atom is 0.251 e. The summed E-state index contributed by atoms with van der Waals surface area (Å²) < 4.78 is 28.3. The van der Waals surface area contributed by atoms with Crippen LogP contribution in [0.2, 0.25) is 5.02 Å². The minimum atomic E-state index is -3.75. The average molecular weight is 501 g/mol. The van der Waals surface area contributed by atoms with Crippen LogP contribution in [0.25, 0.3) is 0 Å². The number of aryl methyl sites for hydroxylation is 1. The molecule has 0 heterocycles. The third-order valence-corrected chi connectivity index (χ3v) is 7.50. The third-order valence-electron chi connectivity index (χ3n) is 5.39. The van der Waals surface area contributed by atoms with Gasteiger partial charge in [0.05, 0.1) is 11.5 Å². The van der Waals surface area contributed by atoms with Gasteiger partial charge in [0.15, 0.2) is 0 Å². The molecule has 1 atom stereocenters. The predicted octanol–water partition coefficient (Wildman–Crippen LogP) is 4.27. The normalized spacial score (nSPS) is 12.5. The lowest BCUT2D eigenvalue weighted by Gasteiger charge is -2.23. The largest absolute Gasteiger partial charge is 0.394 e. The molecule has 8 heteroatoms. The number of halogens is 1. The Labute approximate surface area is 206 Å². The first kappa shape index (κ1) is 25.9. The standard InChI is InChI=1S/C26H29ClN2O4S/c1-20(19-30)28-26(31)23-11-9-22(10-12-23)18-29(17-5-8-21-6-3-2-4-7-21)34(32,33)25-15-13-24(27)14-16-25/h2-4,6-7,9-16,20,30H,5,8,17-19H2,1H3,(H,28,31)/t20-/m1/s1. The van der Waals surface area contributed by atoms with E-state index in [-0.39, 0.29) is 30.0 Å². The molecule has 0 spiro atoms. The zero-order valence-electron chi connectivity index (χ0n) is 19.0. The highest BCUT2D eigenvalue weighted by atomic mass is 35.5. The summed E-state index contributed by atoms with van der Waals surface area (Å²) >= 11 is 5.95. The van der Waals surface area contributed by atoms with Crippen LogP contribution < -0.4 is 5.32 Å². The van der Waals surface area contributed by atoms with Crippen molar-refractivity contribution in [3.63, 3.8) is 0 Å². The van der Waals surface area contributed by atoms with Crippen molar-refractivity contribution in [1.82, 2.24) is 9.62 Å². The molecule has 0 aliphatic heterocycles. The van der Waals surface area contributed by atoms with E-state index in [4.69, 9.17) is 16.7 Å². The molecule has 1 amide bonds. The van der Waals surface area contributed by atoms with Crippen LogP contribution in [-0.4, -0.2) is 42.9 Å². The van der Waals surface area contributed by atoms with Crippen molar-refractivity contribution >= 4 is 27.5 Å². The van der Waals surface area contributed by atoms with Gasteiger partial charge in [-0.1, -0.05) is 54.1 Å². The van der Waals surface area contributed by atoms with E-state index in [9.17, 15) is 13.2 Å². The Morgan fingerprint density at radius 2 is 1.62 bits per heavy atom. The van der Waals surface area contributed by atoms with Crippen LogP contribution in [0, 0.1) is 0 Å². The molecule has 0 unspecified atom stereocenters. The summed E-state index contributed by atoms with van der Waals surface area (Å²) in [5.41, 5.74) is 2.36. The molecule has 3 aromatic carbocycles. The average Bonchev–Trinajstić information content (AvgIpc) is 2.84. The van der Waals surface area contributed by atoms with Gasteiger partial charge in [-0.05, 0) is 67.3 Å². The van der Waals surface area contributed by atoms with Crippen molar-refractivity contribution in [2.45, 2.75) is 37.2 Å². The van der Waals surface area contributed by atoms with Gasteiger partial charge in [-0.2, -0.15) is 4.31 Å². The van der Waals surface area contributed by atoms with Crippen molar-refractivity contribution in [3.05, 3.63) is 101 Å². The van der Waals surface area contributed by atoms with Gasteiger partial charge in [0.2, 0.25) is 10.0 Å². The van der Waals surface area contributed by atoms with E-state index in [2.05, 4.69) is 5.32 Å². The molecule has 0 aromatic heterocycles. The fourth-order valence-corrected chi connectivity index (χ4v) is 5.05. The molecule has 3 rings (SSSR count). The maximum atomic E-state index is 13.4. The molecule has 2 N–H and O–H groups in total. The number of nitrogens with zero attached hydrogens (tertiary/aromatic N) is 1.